The van der Waals surface area contributed by atoms with Crippen LogP contribution in [-0.2, 0) is 0 Å². The van der Waals surface area contributed by atoms with Crippen LogP contribution in [0.4, 0.5) is 4.39 Å². The minimum Gasteiger partial charge on any atom is -0.336 e. The summed E-state index contributed by atoms with van der Waals surface area (Å²) in [5, 5.41) is 0. The van der Waals surface area contributed by atoms with Crippen molar-refractivity contribution >= 4 is 5.91 Å². The molecule has 0 bridgehead atoms. The second-order valence-electron chi connectivity index (χ2n) is 6.75. The lowest BCUT2D eigenvalue weighted by Gasteiger charge is -2.37. The number of halogens is 1. The van der Waals surface area contributed by atoms with Crippen molar-refractivity contribution in [2.45, 2.75) is 32.2 Å². The van der Waals surface area contributed by atoms with Crippen LogP contribution in [0.3, 0.4) is 0 Å². The van der Waals surface area contributed by atoms with Crippen LogP contribution in [0.1, 0.15) is 39.4 Å². The summed E-state index contributed by atoms with van der Waals surface area (Å²) in [5.41, 5.74) is 10.5. The summed E-state index contributed by atoms with van der Waals surface area (Å²) < 4.78 is 13.1. The molecule has 126 valence electrons. The molecule has 1 heterocycles. The number of carbonyl (C=O) groups is 1. The molecule has 1 fully saturated rings. The smallest absolute Gasteiger partial charge is 0.253 e. The Hall–Kier alpha value is -2.20. The van der Waals surface area contributed by atoms with Crippen LogP contribution in [-0.4, -0.2) is 29.9 Å². The Morgan fingerprint density at radius 3 is 2.46 bits per heavy atom. The molecule has 3 rings (SSSR count). The minimum absolute atomic E-state index is 0.0465. The van der Waals surface area contributed by atoms with Gasteiger partial charge in [0.15, 0.2) is 0 Å². The summed E-state index contributed by atoms with van der Waals surface area (Å²) in [7, 11) is 0. The number of likely N-dealkylation sites (tertiary alicyclic amines) is 1. The Morgan fingerprint density at radius 1 is 1.08 bits per heavy atom. The quantitative estimate of drug-likeness (QED) is 0.919. The van der Waals surface area contributed by atoms with E-state index >= 15 is 0 Å². The number of piperidine rings is 1. The molecule has 1 saturated heterocycles. The molecule has 2 N–H and O–H groups in total. The third-order valence-electron chi connectivity index (χ3n) is 4.86. The second kappa shape index (κ2) is 6.73. The first kappa shape index (κ1) is 16.7. The normalized spacial score (nSPS) is 20.9. The molecular formula is C20H23FN2O. The summed E-state index contributed by atoms with van der Waals surface area (Å²) in [6.07, 6.45) is 0.871. The third-order valence-corrected chi connectivity index (χ3v) is 4.86. The number of benzene rings is 2. The van der Waals surface area contributed by atoms with Gasteiger partial charge in [0.1, 0.15) is 5.82 Å². The van der Waals surface area contributed by atoms with Crippen LogP contribution >= 0.6 is 0 Å². The van der Waals surface area contributed by atoms with Gasteiger partial charge in [0.05, 0.1) is 0 Å². The predicted molar refractivity (Wildman–Crippen MR) is 93.6 cm³/mol. The number of amides is 1. The maximum absolute atomic E-state index is 13.1. The summed E-state index contributed by atoms with van der Waals surface area (Å²) in [5.74, 6) is -0.189. The van der Waals surface area contributed by atoms with E-state index in [1.165, 1.54) is 41.0 Å². The molecule has 0 saturated carbocycles. The van der Waals surface area contributed by atoms with Gasteiger partial charge in [-0.05, 0) is 61.2 Å². The number of nitrogens with zero attached hydrogens (tertiary/aromatic N) is 1. The first-order valence-electron chi connectivity index (χ1n) is 8.31. The Morgan fingerprint density at radius 2 is 1.79 bits per heavy atom. The topological polar surface area (TPSA) is 46.3 Å². The van der Waals surface area contributed by atoms with E-state index in [2.05, 4.69) is 32.0 Å². The Bertz CT molecular complexity index is 742. The average molecular weight is 326 g/mol. The molecule has 0 radical (unpaired) electrons. The first-order chi connectivity index (χ1) is 11.4. The van der Waals surface area contributed by atoms with Gasteiger partial charge in [0.25, 0.3) is 5.91 Å². The van der Waals surface area contributed by atoms with E-state index in [0.717, 1.165) is 6.42 Å². The molecule has 2 aromatic carbocycles. The molecule has 24 heavy (non-hydrogen) atoms. The zero-order valence-electron chi connectivity index (χ0n) is 14.1. The fraction of sp³-hybridized carbons (Fsp3) is 0.350. The van der Waals surface area contributed by atoms with E-state index in [-0.39, 0.29) is 23.7 Å². The lowest BCUT2D eigenvalue weighted by Crippen LogP contribution is -2.48. The van der Waals surface area contributed by atoms with E-state index in [9.17, 15) is 9.18 Å². The van der Waals surface area contributed by atoms with Gasteiger partial charge in [0, 0.05) is 30.6 Å². The number of nitrogens with two attached hydrogens (primary N) is 1. The van der Waals surface area contributed by atoms with Crippen LogP contribution in [0.15, 0.2) is 42.5 Å². The van der Waals surface area contributed by atoms with Gasteiger partial charge in [-0.1, -0.05) is 18.2 Å². The van der Waals surface area contributed by atoms with E-state index < -0.39 is 0 Å². The zero-order chi connectivity index (χ0) is 17.3. The van der Waals surface area contributed by atoms with Crippen LogP contribution in [0.2, 0.25) is 0 Å². The molecule has 0 aromatic heterocycles. The standard InChI is InChI=1S/C20H23FN2O/c1-13-3-4-16(9-14(13)2)17-10-19(22)12-23(11-17)20(24)15-5-7-18(21)8-6-15/h3-9,17,19H,10-12,22H2,1-2H3. The average Bonchev–Trinajstić information content (AvgIpc) is 2.57. The molecule has 1 aliphatic heterocycles. The molecular weight excluding hydrogens is 303 g/mol. The van der Waals surface area contributed by atoms with Crippen LogP contribution < -0.4 is 5.73 Å². The molecule has 1 aliphatic rings. The number of rotatable bonds is 2. The lowest BCUT2D eigenvalue weighted by atomic mass is 9.86. The fourth-order valence-electron chi connectivity index (χ4n) is 3.34. The molecule has 2 unspecified atom stereocenters. The highest BCUT2D eigenvalue weighted by atomic mass is 19.1. The fourth-order valence-corrected chi connectivity index (χ4v) is 3.34. The van der Waals surface area contributed by atoms with E-state index in [1.54, 1.807) is 4.90 Å². The highest BCUT2D eigenvalue weighted by molar-refractivity contribution is 5.94. The van der Waals surface area contributed by atoms with E-state index in [1.807, 2.05) is 0 Å². The van der Waals surface area contributed by atoms with Crippen molar-refractivity contribution in [2.24, 2.45) is 5.73 Å². The number of hydrogen-bond donors (Lipinski definition) is 1. The van der Waals surface area contributed by atoms with E-state index in [0.29, 0.717) is 18.7 Å². The lowest BCUT2D eigenvalue weighted by molar-refractivity contribution is 0.0689. The van der Waals surface area contributed by atoms with Crippen molar-refractivity contribution in [1.29, 1.82) is 0 Å². The highest BCUT2D eigenvalue weighted by Crippen LogP contribution is 2.28. The van der Waals surface area contributed by atoms with E-state index in [4.69, 9.17) is 5.73 Å². The summed E-state index contributed by atoms with van der Waals surface area (Å²) >= 11 is 0. The van der Waals surface area contributed by atoms with Crippen molar-refractivity contribution in [3.05, 3.63) is 70.5 Å². The molecule has 2 atom stereocenters. The minimum atomic E-state index is -0.338. The molecule has 2 aromatic rings. The van der Waals surface area contributed by atoms with Gasteiger partial charge >= 0.3 is 0 Å². The summed E-state index contributed by atoms with van der Waals surface area (Å²) in [6.45, 7) is 5.38. The number of carbonyl (C=O) groups excluding carboxylic acids is 1. The SMILES string of the molecule is Cc1ccc(C2CC(N)CN(C(=O)c3ccc(F)cc3)C2)cc1C. The van der Waals surface area contributed by atoms with Crippen LogP contribution in [0, 0.1) is 19.7 Å². The molecule has 4 heteroatoms. The largest absolute Gasteiger partial charge is 0.336 e. The summed E-state index contributed by atoms with van der Waals surface area (Å²) in [6, 6.07) is 12.1. The third kappa shape index (κ3) is 3.49. The van der Waals surface area contributed by atoms with Crippen molar-refractivity contribution in [3.8, 4) is 0 Å². The monoisotopic (exact) mass is 326 g/mol. The summed E-state index contributed by atoms with van der Waals surface area (Å²) in [4.78, 5) is 14.5. The maximum atomic E-state index is 13.1. The van der Waals surface area contributed by atoms with Crippen molar-refractivity contribution in [2.75, 3.05) is 13.1 Å². The Labute approximate surface area is 142 Å². The van der Waals surface area contributed by atoms with Gasteiger partial charge in [-0.25, -0.2) is 4.39 Å². The Balaban J connectivity index is 1.81. The maximum Gasteiger partial charge on any atom is 0.253 e. The molecule has 0 spiro atoms. The van der Waals surface area contributed by atoms with Crippen molar-refractivity contribution in [3.63, 3.8) is 0 Å². The van der Waals surface area contributed by atoms with Crippen molar-refractivity contribution < 1.29 is 9.18 Å². The first-order valence-corrected chi connectivity index (χ1v) is 8.31. The molecule has 3 nitrogen and oxygen atoms in total. The van der Waals surface area contributed by atoms with Crippen LogP contribution in [0.5, 0.6) is 0 Å². The second-order valence-corrected chi connectivity index (χ2v) is 6.75. The highest BCUT2D eigenvalue weighted by Gasteiger charge is 2.29. The predicted octanol–water partition coefficient (Wildman–Crippen LogP) is 3.40. The molecule has 0 aliphatic carbocycles. The number of hydrogen-bond acceptors (Lipinski definition) is 2. The van der Waals surface area contributed by atoms with Gasteiger partial charge in [-0.2, -0.15) is 0 Å². The van der Waals surface area contributed by atoms with Crippen LogP contribution in [0.25, 0.3) is 0 Å². The Kier molecular flexibility index (Phi) is 4.67. The zero-order valence-corrected chi connectivity index (χ0v) is 14.1. The number of aryl methyl sites for hydroxylation is 2. The van der Waals surface area contributed by atoms with Gasteiger partial charge in [-0.15, -0.1) is 0 Å². The molecule has 1 amide bonds. The van der Waals surface area contributed by atoms with Gasteiger partial charge in [-0.3, -0.25) is 4.79 Å². The van der Waals surface area contributed by atoms with Crippen molar-refractivity contribution in [1.82, 2.24) is 4.90 Å². The van der Waals surface area contributed by atoms with Gasteiger partial charge in [0.2, 0.25) is 0 Å². The van der Waals surface area contributed by atoms with Gasteiger partial charge < -0.3 is 10.6 Å².